The standard InChI is InChI=1S/C19H24/c1-2-3-4-5-6-7-8-12-17-14-11-15-18-13-9-10-16-19(17)18/h7-11,13-16H,2-6,12H2,1H3/b8-7+. The molecule has 0 radical (unpaired) electrons. The number of allylic oxidation sites excluding steroid dienone is 2. The summed E-state index contributed by atoms with van der Waals surface area (Å²) in [5, 5.41) is 2.73. The lowest BCUT2D eigenvalue weighted by atomic mass is 10.0. The third-order valence-electron chi connectivity index (χ3n) is 3.61. The van der Waals surface area contributed by atoms with E-state index in [4.69, 9.17) is 0 Å². The van der Waals surface area contributed by atoms with Crippen molar-refractivity contribution in [3.8, 4) is 0 Å². The Bertz CT molecular complexity index is 517. The molecule has 0 nitrogen and oxygen atoms in total. The highest BCUT2D eigenvalue weighted by atomic mass is 14.0. The zero-order valence-electron chi connectivity index (χ0n) is 11.9. The molecule has 100 valence electrons. The van der Waals surface area contributed by atoms with Crippen LogP contribution in [-0.4, -0.2) is 0 Å². The van der Waals surface area contributed by atoms with E-state index in [1.807, 2.05) is 0 Å². The van der Waals surface area contributed by atoms with Gasteiger partial charge in [0.15, 0.2) is 0 Å². The Hall–Kier alpha value is -1.56. The highest BCUT2D eigenvalue weighted by Gasteiger charge is 1.97. The van der Waals surface area contributed by atoms with Crippen LogP contribution >= 0.6 is 0 Å². The van der Waals surface area contributed by atoms with E-state index >= 15 is 0 Å². The smallest absolute Gasteiger partial charge is 0.00913 e. The van der Waals surface area contributed by atoms with Crippen LogP contribution in [0.3, 0.4) is 0 Å². The zero-order chi connectivity index (χ0) is 13.3. The van der Waals surface area contributed by atoms with Gasteiger partial charge < -0.3 is 0 Å². The first-order valence-corrected chi connectivity index (χ1v) is 7.53. The summed E-state index contributed by atoms with van der Waals surface area (Å²) in [5.41, 5.74) is 1.43. The molecule has 0 saturated heterocycles. The van der Waals surface area contributed by atoms with Gasteiger partial charge >= 0.3 is 0 Å². The molecule has 0 fully saturated rings. The largest absolute Gasteiger partial charge is 0.0882 e. The Kier molecular flexibility index (Phi) is 5.68. The first-order valence-electron chi connectivity index (χ1n) is 7.53. The molecule has 0 N–H and O–H groups in total. The third kappa shape index (κ3) is 4.24. The molecule has 0 aromatic heterocycles. The van der Waals surface area contributed by atoms with E-state index in [-0.39, 0.29) is 0 Å². The van der Waals surface area contributed by atoms with E-state index in [1.54, 1.807) is 0 Å². The molecule has 0 spiro atoms. The highest BCUT2D eigenvalue weighted by Crippen LogP contribution is 2.19. The summed E-state index contributed by atoms with van der Waals surface area (Å²) in [6.45, 7) is 2.26. The Balaban J connectivity index is 1.89. The summed E-state index contributed by atoms with van der Waals surface area (Å²) < 4.78 is 0. The molecule has 0 saturated carbocycles. The van der Waals surface area contributed by atoms with Crippen LogP contribution in [0.4, 0.5) is 0 Å². The van der Waals surface area contributed by atoms with Gasteiger partial charge in [0.05, 0.1) is 0 Å². The lowest BCUT2D eigenvalue weighted by molar-refractivity contribution is 0.674. The van der Waals surface area contributed by atoms with Crippen molar-refractivity contribution < 1.29 is 0 Å². The molecule has 0 heterocycles. The first kappa shape index (κ1) is 13.9. The Labute approximate surface area is 117 Å². The van der Waals surface area contributed by atoms with Gasteiger partial charge in [0.25, 0.3) is 0 Å². The highest BCUT2D eigenvalue weighted by molar-refractivity contribution is 5.85. The van der Waals surface area contributed by atoms with Crippen molar-refractivity contribution in [1.82, 2.24) is 0 Å². The summed E-state index contributed by atoms with van der Waals surface area (Å²) in [7, 11) is 0. The maximum Gasteiger partial charge on any atom is -0.00913 e. The minimum atomic E-state index is 1.05. The molecule has 2 aromatic carbocycles. The van der Waals surface area contributed by atoms with E-state index in [2.05, 4.69) is 61.5 Å². The summed E-state index contributed by atoms with van der Waals surface area (Å²) in [6, 6.07) is 15.2. The third-order valence-corrected chi connectivity index (χ3v) is 3.61. The molecule has 0 bridgehead atoms. The van der Waals surface area contributed by atoms with Crippen LogP contribution < -0.4 is 0 Å². The topological polar surface area (TPSA) is 0 Å². The van der Waals surface area contributed by atoms with Crippen LogP contribution in [0.1, 0.15) is 44.6 Å². The Morgan fingerprint density at radius 1 is 0.842 bits per heavy atom. The number of hydrogen-bond donors (Lipinski definition) is 0. The predicted molar refractivity (Wildman–Crippen MR) is 85.6 cm³/mol. The lowest BCUT2D eigenvalue weighted by Crippen LogP contribution is -1.84. The molecule has 0 amide bonds. The van der Waals surface area contributed by atoms with Gasteiger partial charge in [-0.25, -0.2) is 0 Å². The van der Waals surface area contributed by atoms with E-state index in [1.165, 1.54) is 48.4 Å². The second kappa shape index (κ2) is 7.78. The first-order chi connectivity index (χ1) is 9.42. The molecule has 0 aliphatic rings. The maximum atomic E-state index is 2.34. The normalized spacial score (nSPS) is 11.4. The molecule has 2 aromatic rings. The SMILES string of the molecule is CCCCCC/C=C/Cc1cccc2ccccc12. The van der Waals surface area contributed by atoms with E-state index < -0.39 is 0 Å². The molecule has 0 unspecified atom stereocenters. The van der Waals surface area contributed by atoms with Crippen molar-refractivity contribution in [1.29, 1.82) is 0 Å². The van der Waals surface area contributed by atoms with Crippen LogP contribution in [-0.2, 0) is 6.42 Å². The van der Waals surface area contributed by atoms with Gasteiger partial charge in [0.1, 0.15) is 0 Å². The van der Waals surface area contributed by atoms with Crippen molar-refractivity contribution in [3.63, 3.8) is 0 Å². The van der Waals surface area contributed by atoms with Crippen molar-refractivity contribution in [3.05, 3.63) is 60.2 Å². The second-order valence-electron chi connectivity index (χ2n) is 5.16. The van der Waals surface area contributed by atoms with Crippen LogP contribution in [0.25, 0.3) is 10.8 Å². The number of benzene rings is 2. The molecule has 19 heavy (non-hydrogen) atoms. The summed E-state index contributed by atoms with van der Waals surface area (Å²) >= 11 is 0. The van der Waals surface area contributed by atoms with Gasteiger partial charge in [-0.15, -0.1) is 0 Å². The van der Waals surface area contributed by atoms with Crippen LogP contribution in [0, 0.1) is 0 Å². The van der Waals surface area contributed by atoms with Crippen molar-refractivity contribution in [2.75, 3.05) is 0 Å². The average Bonchev–Trinajstić information content (AvgIpc) is 2.46. The van der Waals surface area contributed by atoms with E-state index in [0.29, 0.717) is 0 Å². The second-order valence-corrected chi connectivity index (χ2v) is 5.16. The van der Waals surface area contributed by atoms with Crippen LogP contribution in [0.2, 0.25) is 0 Å². The number of rotatable bonds is 7. The summed E-state index contributed by atoms with van der Waals surface area (Å²) in [5.74, 6) is 0. The molecule has 0 aliphatic heterocycles. The Morgan fingerprint density at radius 3 is 2.58 bits per heavy atom. The lowest BCUT2D eigenvalue weighted by Gasteiger charge is -2.03. The number of fused-ring (bicyclic) bond motifs is 1. The van der Waals surface area contributed by atoms with Gasteiger partial charge in [-0.1, -0.05) is 80.8 Å². The molecule has 0 aliphatic carbocycles. The van der Waals surface area contributed by atoms with Gasteiger partial charge in [0.2, 0.25) is 0 Å². The van der Waals surface area contributed by atoms with Crippen molar-refractivity contribution in [2.45, 2.75) is 45.4 Å². The maximum absolute atomic E-state index is 2.34. The van der Waals surface area contributed by atoms with Crippen LogP contribution in [0.15, 0.2) is 54.6 Å². The summed E-state index contributed by atoms with van der Waals surface area (Å²) in [6.07, 6.45) is 12.3. The molecular formula is C19H24. The summed E-state index contributed by atoms with van der Waals surface area (Å²) in [4.78, 5) is 0. The number of hydrogen-bond acceptors (Lipinski definition) is 0. The van der Waals surface area contributed by atoms with Gasteiger partial charge in [0, 0.05) is 0 Å². The number of unbranched alkanes of at least 4 members (excludes halogenated alkanes) is 4. The van der Waals surface area contributed by atoms with E-state index in [0.717, 1.165) is 6.42 Å². The van der Waals surface area contributed by atoms with Gasteiger partial charge in [-0.3, -0.25) is 0 Å². The zero-order valence-corrected chi connectivity index (χ0v) is 11.9. The fourth-order valence-electron chi connectivity index (χ4n) is 2.49. The van der Waals surface area contributed by atoms with Crippen LogP contribution in [0.5, 0.6) is 0 Å². The monoisotopic (exact) mass is 252 g/mol. The molecule has 2 rings (SSSR count). The van der Waals surface area contributed by atoms with E-state index in [9.17, 15) is 0 Å². The van der Waals surface area contributed by atoms with Gasteiger partial charge in [-0.2, -0.15) is 0 Å². The quantitative estimate of drug-likeness (QED) is 0.424. The molecule has 0 atom stereocenters. The Morgan fingerprint density at radius 2 is 1.68 bits per heavy atom. The molecule has 0 heteroatoms. The fourth-order valence-corrected chi connectivity index (χ4v) is 2.49. The fraction of sp³-hybridized carbons (Fsp3) is 0.368. The average molecular weight is 252 g/mol. The minimum absolute atomic E-state index is 1.05. The minimum Gasteiger partial charge on any atom is -0.0882 e. The van der Waals surface area contributed by atoms with Crippen molar-refractivity contribution in [2.24, 2.45) is 0 Å². The van der Waals surface area contributed by atoms with Crippen molar-refractivity contribution >= 4 is 10.8 Å². The predicted octanol–water partition coefficient (Wildman–Crippen LogP) is 5.91. The van der Waals surface area contributed by atoms with Gasteiger partial charge in [-0.05, 0) is 35.6 Å². The molecular weight excluding hydrogens is 228 g/mol.